The Labute approximate surface area is 173 Å². The maximum Gasteiger partial charge on any atom is 0.269 e. The zero-order chi connectivity index (χ0) is 20.2. The average molecular weight is 387 g/mol. The normalized spacial score (nSPS) is 14.6. The molecule has 3 nitrogen and oxygen atoms in total. The van der Waals surface area contributed by atoms with Crippen LogP contribution in [-0.2, 0) is 0 Å². The van der Waals surface area contributed by atoms with E-state index in [1.807, 2.05) is 12.1 Å². The summed E-state index contributed by atoms with van der Waals surface area (Å²) in [7, 11) is 0. The second-order valence-electron chi connectivity index (χ2n) is 7.75. The van der Waals surface area contributed by atoms with E-state index in [2.05, 4.69) is 72.8 Å². The van der Waals surface area contributed by atoms with Crippen LogP contribution in [-0.4, -0.2) is 4.92 Å². The molecule has 0 saturated heterocycles. The summed E-state index contributed by atoms with van der Waals surface area (Å²) in [5, 5.41) is 16.1. The quantitative estimate of drug-likeness (QED) is 0.181. The van der Waals surface area contributed by atoms with Crippen LogP contribution in [0.5, 0.6) is 0 Å². The van der Waals surface area contributed by atoms with Crippen molar-refractivity contribution in [2.45, 2.75) is 5.92 Å². The molecule has 1 unspecified atom stereocenters. The first-order chi connectivity index (χ1) is 14.7. The predicted molar refractivity (Wildman–Crippen MR) is 121 cm³/mol. The molecule has 0 aliphatic heterocycles. The molecule has 142 valence electrons. The van der Waals surface area contributed by atoms with Gasteiger partial charge in [0.2, 0.25) is 0 Å². The number of nitrogens with zero attached hydrogens (tertiary/aromatic N) is 1. The van der Waals surface area contributed by atoms with E-state index in [1.54, 1.807) is 12.1 Å². The monoisotopic (exact) mass is 387 g/mol. The SMILES string of the molecule is O=[N+]([O-])c1ccc(C2c3ccccc3-c3c2c2ccccc2c2ccccc32)cc1. The molecule has 0 spiro atoms. The van der Waals surface area contributed by atoms with Gasteiger partial charge >= 0.3 is 0 Å². The zero-order valence-electron chi connectivity index (χ0n) is 16.1. The maximum atomic E-state index is 11.2. The van der Waals surface area contributed by atoms with Gasteiger partial charge in [-0.1, -0.05) is 84.9 Å². The highest BCUT2D eigenvalue weighted by molar-refractivity contribution is 6.18. The van der Waals surface area contributed by atoms with Gasteiger partial charge in [-0.3, -0.25) is 10.1 Å². The highest BCUT2D eigenvalue weighted by Gasteiger charge is 2.33. The van der Waals surface area contributed by atoms with Gasteiger partial charge in [-0.25, -0.2) is 0 Å². The molecule has 0 radical (unpaired) electrons. The van der Waals surface area contributed by atoms with Crippen molar-refractivity contribution in [2.75, 3.05) is 0 Å². The number of hydrogen-bond donors (Lipinski definition) is 0. The van der Waals surface area contributed by atoms with Crippen LogP contribution in [0.2, 0.25) is 0 Å². The summed E-state index contributed by atoms with van der Waals surface area (Å²) in [5.41, 5.74) is 6.27. The summed E-state index contributed by atoms with van der Waals surface area (Å²) < 4.78 is 0. The Hall–Kier alpha value is -3.98. The van der Waals surface area contributed by atoms with E-state index in [1.165, 1.54) is 43.8 Å². The number of benzene rings is 5. The van der Waals surface area contributed by atoms with Gasteiger partial charge in [0.05, 0.1) is 4.92 Å². The van der Waals surface area contributed by atoms with Crippen LogP contribution in [0.25, 0.3) is 32.7 Å². The Balaban J connectivity index is 1.75. The molecule has 0 N–H and O–H groups in total. The molecule has 1 atom stereocenters. The van der Waals surface area contributed by atoms with Gasteiger partial charge < -0.3 is 0 Å². The van der Waals surface area contributed by atoms with Gasteiger partial charge in [0.1, 0.15) is 0 Å². The zero-order valence-corrected chi connectivity index (χ0v) is 16.1. The highest BCUT2D eigenvalue weighted by atomic mass is 16.6. The third kappa shape index (κ3) is 2.26. The third-order valence-corrected chi connectivity index (χ3v) is 6.24. The molecule has 0 fully saturated rings. The van der Waals surface area contributed by atoms with Crippen LogP contribution in [0, 0.1) is 10.1 Å². The first-order valence-electron chi connectivity index (χ1n) is 10.0. The first kappa shape index (κ1) is 16.9. The van der Waals surface area contributed by atoms with Crippen LogP contribution in [0.4, 0.5) is 5.69 Å². The Bertz CT molecular complexity index is 1470. The van der Waals surface area contributed by atoms with E-state index in [9.17, 15) is 10.1 Å². The number of fused-ring (bicyclic) bond motifs is 8. The molecule has 1 aliphatic carbocycles. The topological polar surface area (TPSA) is 43.1 Å². The lowest BCUT2D eigenvalue weighted by Crippen LogP contribution is -2.01. The molecule has 5 aromatic carbocycles. The fourth-order valence-corrected chi connectivity index (χ4v) is 5.03. The van der Waals surface area contributed by atoms with Crippen molar-refractivity contribution in [2.24, 2.45) is 0 Å². The molecule has 6 rings (SSSR count). The Morgan fingerprint density at radius 1 is 0.633 bits per heavy atom. The van der Waals surface area contributed by atoms with Crippen molar-refractivity contribution in [3.63, 3.8) is 0 Å². The minimum Gasteiger partial charge on any atom is -0.258 e. The smallest absolute Gasteiger partial charge is 0.258 e. The van der Waals surface area contributed by atoms with Crippen LogP contribution in [0.1, 0.15) is 22.6 Å². The largest absolute Gasteiger partial charge is 0.269 e. The summed E-state index contributed by atoms with van der Waals surface area (Å²) in [6.45, 7) is 0. The molecular formula is C27H17NO2. The summed E-state index contributed by atoms with van der Waals surface area (Å²) in [5.74, 6) is 0.0477. The first-order valence-corrected chi connectivity index (χ1v) is 10.0. The fourth-order valence-electron chi connectivity index (χ4n) is 5.03. The van der Waals surface area contributed by atoms with Crippen molar-refractivity contribution in [1.29, 1.82) is 0 Å². The molecule has 0 amide bonds. The van der Waals surface area contributed by atoms with Gasteiger partial charge in [-0.2, -0.15) is 0 Å². The van der Waals surface area contributed by atoms with Crippen molar-refractivity contribution < 1.29 is 4.92 Å². The Morgan fingerprint density at radius 3 is 1.90 bits per heavy atom. The Kier molecular flexibility index (Phi) is 3.53. The molecule has 0 aromatic heterocycles. The van der Waals surface area contributed by atoms with E-state index in [4.69, 9.17) is 0 Å². The summed E-state index contributed by atoms with van der Waals surface area (Å²) in [6.07, 6.45) is 0. The van der Waals surface area contributed by atoms with Gasteiger partial charge in [0, 0.05) is 18.1 Å². The molecule has 3 heteroatoms. The van der Waals surface area contributed by atoms with Gasteiger partial charge in [-0.15, -0.1) is 0 Å². The van der Waals surface area contributed by atoms with Gasteiger partial charge in [-0.05, 0) is 49.4 Å². The number of hydrogen-bond acceptors (Lipinski definition) is 2. The lowest BCUT2D eigenvalue weighted by Gasteiger charge is -2.18. The third-order valence-electron chi connectivity index (χ3n) is 6.24. The molecule has 0 bridgehead atoms. The van der Waals surface area contributed by atoms with Crippen LogP contribution in [0.3, 0.4) is 0 Å². The molecule has 30 heavy (non-hydrogen) atoms. The summed E-state index contributed by atoms with van der Waals surface area (Å²) in [4.78, 5) is 10.8. The molecule has 1 aliphatic rings. The minimum absolute atomic E-state index is 0.0477. The molecule has 5 aromatic rings. The fraction of sp³-hybridized carbons (Fsp3) is 0.0370. The van der Waals surface area contributed by atoms with Crippen molar-refractivity contribution in [3.8, 4) is 11.1 Å². The lowest BCUT2D eigenvalue weighted by atomic mass is 9.85. The van der Waals surface area contributed by atoms with Crippen LogP contribution in [0.15, 0.2) is 97.1 Å². The van der Waals surface area contributed by atoms with E-state index >= 15 is 0 Å². The molecule has 0 heterocycles. The second kappa shape index (κ2) is 6.26. The number of rotatable bonds is 2. The maximum absolute atomic E-state index is 11.2. The summed E-state index contributed by atoms with van der Waals surface area (Å²) >= 11 is 0. The number of nitro groups is 1. The molecule has 0 saturated carbocycles. The number of non-ortho nitro benzene ring substituents is 1. The summed E-state index contributed by atoms with van der Waals surface area (Å²) in [6, 6.07) is 32.7. The van der Waals surface area contributed by atoms with Crippen molar-refractivity contribution in [3.05, 3.63) is 124 Å². The van der Waals surface area contributed by atoms with Crippen molar-refractivity contribution in [1.82, 2.24) is 0 Å². The van der Waals surface area contributed by atoms with Gasteiger partial charge in [0.25, 0.3) is 5.69 Å². The van der Waals surface area contributed by atoms with Gasteiger partial charge in [0.15, 0.2) is 0 Å². The average Bonchev–Trinajstić information content (AvgIpc) is 3.15. The predicted octanol–water partition coefficient (Wildman–Crippen LogP) is 7.06. The number of nitro benzene ring substituents is 1. The van der Waals surface area contributed by atoms with E-state index < -0.39 is 0 Å². The second-order valence-corrected chi connectivity index (χ2v) is 7.75. The standard InChI is InChI=1S/C27H17NO2/c29-28(30)18-15-13-17(14-16-18)25-23-11-5-6-12-24(23)26-21-9-3-1-7-19(21)20-8-2-4-10-22(20)27(25)26/h1-16,25H. The van der Waals surface area contributed by atoms with E-state index in [0.717, 1.165) is 5.56 Å². The lowest BCUT2D eigenvalue weighted by molar-refractivity contribution is -0.384. The highest BCUT2D eigenvalue weighted by Crippen LogP contribution is 2.53. The minimum atomic E-state index is -0.344. The van der Waals surface area contributed by atoms with Crippen LogP contribution < -0.4 is 0 Å². The van der Waals surface area contributed by atoms with Crippen LogP contribution >= 0.6 is 0 Å². The molecular weight excluding hydrogens is 370 g/mol. The Morgan fingerprint density at radius 2 is 1.20 bits per heavy atom. The van der Waals surface area contributed by atoms with E-state index in [0.29, 0.717) is 0 Å². The van der Waals surface area contributed by atoms with E-state index in [-0.39, 0.29) is 16.5 Å². The van der Waals surface area contributed by atoms with Crippen molar-refractivity contribution >= 4 is 27.2 Å².